The van der Waals surface area contributed by atoms with Crippen LogP contribution < -0.4 is 4.72 Å². The molecule has 8 heteroatoms. The van der Waals surface area contributed by atoms with Gasteiger partial charge in [-0.1, -0.05) is 6.92 Å². The number of nitrogens with one attached hydrogen (secondary N) is 1. The van der Waals surface area contributed by atoms with Gasteiger partial charge in [-0.25, -0.2) is 13.1 Å². The predicted octanol–water partition coefficient (Wildman–Crippen LogP) is 3.31. The maximum atomic E-state index is 12.4. The Hall–Kier alpha value is -1.61. The molecule has 0 atom stereocenters. The van der Waals surface area contributed by atoms with Gasteiger partial charge in [0.05, 0.1) is 17.9 Å². The first kappa shape index (κ1) is 16.3. The van der Waals surface area contributed by atoms with Gasteiger partial charge in [0.25, 0.3) is 0 Å². The number of nitrogens with zero attached hydrogens (tertiary/aromatic N) is 2. The van der Waals surface area contributed by atoms with Crippen LogP contribution in [-0.2, 0) is 23.0 Å². The van der Waals surface area contributed by atoms with Crippen molar-refractivity contribution in [2.24, 2.45) is 0 Å². The molecule has 0 spiro atoms. The molecule has 1 N–H and O–H groups in total. The summed E-state index contributed by atoms with van der Waals surface area (Å²) in [7, 11) is -3.53. The van der Waals surface area contributed by atoms with Gasteiger partial charge in [0, 0.05) is 28.2 Å². The average molecular weight is 366 g/mol. The van der Waals surface area contributed by atoms with Gasteiger partial charge < -0.3 is 0 Å². The van der Waals surface area contributed by atoms with Crippen molar-refractivity contribution in [3.8, 4) is 11.3 Å². The van der Waals surface area contributed by atoms with Gasteiger partial charge >= 0.3 is 0 Å². The normalized spacial score (nSPS) is 11.7. The lowest BCUT2D eigenvalue weighted by molar-refractivity contribution is 0.582. The third-order valence-electron chi connectivity index (χ3n) is 3.25. The molecule has 0 aliphatic rings. The first-order valence-corrected chi connectivity index (χ1v) is 10.2. The van der Waals surface area contributed by atoms with E-state index in [0.29, 0.717) is 15.6 Å². The fourth-order valence-electron chi connectivity index (χ4n) is 2.06. The monoisotopic (exact) mass is 365 g/mol. The summed E-state index contributed by atoms with van der Waals surface area (Å²) in [6.45, 7) is 2.11. The minimum atomic E-state index is -3.53. The summed E-state index contributed by atoms with van der Waals surface area (Å²) in [6, 6.07) is 5.43. The standard InChI is InChI=1S/C15H15N3O2S3/c1-2-12-3-4-14(22-12)23(19,20)18-9-13-15(17-7-6-16-13)11-5-8-21-10-11/h3-8,10,18H,2,9H2,1H3. The number of aromatic nitrogens is 2. The number of hydrogen-bond donors (Lipinski definition) is 1. The second kappa shape index (κ2) is 6.88. The lowest BCUT2D eigenvalue weighted by Gasteiger charge is -2.07. The zero-order valence-corrected chi connectivity index (χ0v) is 14.8. The van der Waals surface area contributed by atoms with E-state index in [-0.39, 0.29) is 6.54 Å². The Labute approximate surface area is 143 Å². The zero-order valence-electron chi connectivity index (χ0n) is 12.4. The van der Waals surface area contributed by atoms with Crippen LogP contribution in [0.4, 0.5) is 0 Å². The van der Waals surface area contributed by atoms with E-state index in [2.05, 4.69) is 14.7 Å². The molecule has 0 aliphatic carbocycles. The van der Waals surface area contributed by atoms with Crippen LogP contribution in [0.15, 0.2) is 45.6 Å². The number of aryl methyl sites for hydroxylation is 1. The lowest BCUT2D eigenvalue weighted by Crippen LogP contribution is -2.23. The van der Waals surface area contributed by atoms with E-state index in [4.69, 9.17) is 0 Å². The van der Waals surface area contributed by atoms with E-state index in [9.17, 15) is 8.42 Å². The summed E-state index contributed by atoms with van der Waals surface area (Å²) < 4.78 is 27.7. The van der Waals surface area contributed by atoms with Crippen LogP contribution in [0.1, 0.15) is 17.5 Å². The van der Waals surface area contributed by atoms with Gasteiger partial charge in [-0.3, -0.25) is 9.97 Å². The molecule has 0 saturated heterocycles. The summed E-state index contributed by atoms with van der Waals surface area (Å²) in [5, 5.41) is 3.92. The number of rotatable bonds is 6. The Kier molecular flexibility index (Phi) is 4.86. The van der Waals surface area contributed by atoms with E-state index >= 15 is 0 Å². The summed E-state index contributed by atoms with van der Waals surface area (Å²) in [5.41, 5.74) is 2.26. The van der Waals surface area contributed by atoms with Gasteiger partial charge in [-0.05, 0) is 30.0 Å². The molecular formula is C15H15N3O2S3. The molecule has 120 valence electrons. The maximum Gasteiger partial charge on any atom is 0.250 e. The van der Waals surface area contributed by atoms with Crippen molar-refractivity contribution in [1.29, 1.82) is 0 Å². The molecule has 0 fully saturated rings. The summed E-state index contributed by atoms with van der Waals surface area (Å²) in [6.07, 6.45) is 4.00. The Bertz CT molecular complexity index is 886. The van der Waals surface area contributed by atoms with Crippen molar-refractivity contribution < 1.29 is 8.42 Å². The van der Waals surface area contributed by atoms with Crippen molar-refractivity contribution in [2.45, 2.75) is 24.1 Å². The molecule has 3 heterocycles. The molecule has 0 bridgehead atoms. The molecule has 0 aromatic carbocycles. The van der Waals surface area contributed by atoms with Crippen LogP contribution in [0, 0.1) is 0 Å². The van der Waals surface area contributed by atoms with Gasteiger partial charge in [0.2, 0.25) is 10.0 Å². The molecule has 0 saturated carbocycles. The smallest absolute Gasteiger partial charge is 0.250 e. The Balaban J connectivity index is 1.81. The lowest BCUT2D eigenvalue weighted by atomic mass is 10.2. The number of hydrogen-bond acceptors (Lipinski definition) is 6. The SMILES string of the molecule is CCc1ccc(S(=O)(=O)NCc2nccnc2-c2ccsc2)s1. The van der Waals surface area contributed by atoms with E-state index in [1.54, 1.807) is 29.8 Å². The molecule has 0 unspecified atom stereocenters. The predicted molar refractivity (Wildman–Crippen MR) is 93.1 cm³/mol. The number of sulfonamides is 1. The Morgan fingerprint density at radius 2 is 2.00 bits per heavy atom. The second-order valence-electron chi connectivity index (χ2n) is 4.76. The molecule has 3 aromatic rings. The number of thiophene rings is 2. The van der Waals surface area contributed by atoms with Crippen molar-refractivity contribution in [2.75, 3.05) is 0 Å². The molecule has 3 aromatic heterocycles. The Morgan fingerprint density at radius 3 is 2.70 bits per heavy atom. The van der Waals surface area contributed by atoms with Crippen LogP contribution in [0.5, 0.6) is 0 Å². The average Bonchev–Trinajstić information content (AvgIpc) is 3.24. The zero-order chi connectivity index (χ0) is 16.3. The highest BCUT2D eigenvalue weighted by atomic mass is 32.2. The van der Waals surface area contributed by atoms with Gasteiger partial charge in [0.15, 0.2) is 0 Å². The molecule has 5 nitrogen and oxygen atoms in total. The third kappa shape index (κ3) is 3.66. The minimum absolute atomic E-state index is 0.112. The van der Waals surface area contributed by atoms with Crippen molar-refractivity contribution in [3.05, 3.63) is 51.9 Å². The van der Waals surface area contributed by atoms with Crippen molar-refractivity contribution in [1.82, 2.24) is 14.7 Å². The summed E-state index contributed by atoms with van der Waals surface area (Å²) in [5.74, 6) is 0. The quantitative estimate of drug-likeness (QED) is 0.727. The fourth-order valence-corrected chi connectivity index (χ4v) is 5.03. The first-order chi connectivity index (χ1) is 11.1. The molecule has 0 amide bonds. The van der Waals surface area contributed by atoms with E-state index in [1.165, 1.54) is 11.3 Å². The molecule has 23 heavy (non-hydrogen) atoms. The molecule has 0 radical (unpaired) electrons. The van der Waals surface area contributed by atoms with Gasteiger partial charge in [-0.2, -0.15) is 11.3 Å². The van der Waals surface area contributed by atoms with Crippen LogP contribution >= 0.6 is 22.7 Å². The molecule has 0 aliphatic heterocycles. The fraction of sp³-hybridized carbons (Fsp3) is 0.200. The molecular weight excluding hydrogens is 350 g/mol. The topological polar surface area (TPSA) is 72.0 Å². The third-order valence-corrected chi connectivity index (χ3v) is 7.05. The minimum Gasteiger partial charge on any atom is -0.256 e. The van der Waals surface area contributed by atoms with Crippen molar-refractivity contribution >= 4 is 32.7 Å². The van der Waals surface area contributed by atoms with Crippen LogP contribution in [0.2, 0.25) is 0 Å². The van der Waals surface area contributed by atoms with Gasteiger partial charge in [-0.15, -0.1) is 11.3 Å². The highest BCUT2D eigenvalue weighted by molar-refractivity contribution is 7.91. The van der Waals surface area contributed by atoms with Gasteiger partial charge in [0.1, 0.15) is 4.21 Å². The molecule has 3 rings (SSSR count). The largest absolute Gasteiger partial charge is 0.256 e. The van der Waals surface area contributed by atoms with E-state index in [0.717, 1.165) is 16.9 Å². The van der Waals surface area contributed by atoms with Crippen LogP contribution in [0.3, 0.4) is 0 Å². The maximum absolute atomic E-state index is 12.4. The second-order valence-corrected chi connectivity index (χ2v) is 8.70. The van der Waals surface area contributed by atoms with E-state index in [1.807, 2.05) is 29.8 Å². The van der Waals surface area contributed by atoms with Crippen LogP contribution in [-0.4, -0.2) is 18.4 Å². The highest BCUT2D eigenvalue weighted by Gasteiger charge is 2.18. The van der Waals surface area contributed by atoms with E-state index < -0.39 is 10.0 Å². The summed E-state index contributed by atoms with van der Waals surface area (Å²) >= 11 is 2.86. The summed E-state index contributed by atoms with van der Waals surface area (Å²) in [4.78, 5) is 9.64. The van der Waals surface area contributed by atoms with Crippen LogP contribution in [0.25, 0.3) is 11.3 Å². The Morgan fingerprint density at radius 1 is 1.17 bits per heavy atom. The first-order valence-electron chi connectivity index (χ1n) is 7.01. The van der Waals surface area contributed by atoms with Crippen molar-refractivity contribution in [3.63, 3.8) is 0 Å². The highest BCUT2D eigenvalue weighted by Crippen LogP contribution is 2.24.